The standard InChI is InChI=1S/C12H17ClN2O/c1-2-11-14-10(13)7-12(15-11)16-8-9-5-3-4-6-9/h7,9H,2-6,8H2,1H3. The van der Waals surface area contributed by atoms with Crippen LogP contribution in [-0.4, -0.2) is 16.6 Å². The Morgan fingerprint density at radius 3 is 2.81 bits per heavy atom. The first-order valence-electron chi connectivity index (χ1n) is 5.94. The van der Waals surface area contributed by atoms with Gasteiger partial charge in [0.2, 0.25) is 5.88 Å². The van der Waals surface area contributed by atoms with Gasteiger partial charge in [-0.25, -0.2) is 4.98 Å². The Hall–Kier alpha value is -0.830. The van der Waals surface area contributed by atoms with Crippen molar-refractivity contribution in [3.8, 4) is 5.88 Å². The Morgan fingerprint density at radius 2 is 2.12 bits per heavy atom. The molecule has 1 aliphatic carbocycles. The molecule has 1 heterocycles. The van der Waals surface area contributed by atoms with Crippen LogP contribution >= 0.6 is 11.6 Å². The van der Waals surface area contributed by atoms with E-state index in [-0.39, 0.29) is 0 Å². The van der Waals surface area contributed by atoms with Crippen LogP contribution in [0.25, 0.3) is 0 Å². The molecule has 1 aromatic heterocycles. The fourth-order valence-electron chi connectivity index (χ4n) is 2.05. The largest absolute Gasteiger partial charge is 0.477 e. The molecule has 0 unspecified atom stereocenters. The normalized spacial score (nSPS) is 16.6. The molecule has 88 valence electrons. The molecular formula is C12H17ClN2O. The van der Waals surface area contributed by atoms with Gasteiger partial charge < -0.3 is 4.74 Å². The number of hydrogen-bond donors (Lipinski definition) is 0. The number of nitrogens with zero attached hydrogens (tertiary/aromatic N) is 2. The van der Waals surface area contributed by atoms with Gasteiger partial charge in [0.15, 0.2) is 0 Å². The third-order valence-corrected chi connectivity index (χ3v) is 3.17. The number of hydrogen-bond acceptors (Lipinski definition) is 3. The Balaban J connectivity index is 1.94. The molecule has 0 aliphatic heterocycles. The highest BCUT2D eigenvalue weighted by Gasteiger charge is 2.16. The van der Waals surface area contributed by atoms with Crippen molar-refractivity contribution in [3.05, 3.63) is 17.0 Å². The van der Waals surface area contributed by atoms with E-state index in [9.17, 15) is 0 Å². The molecule has 16 heavy (non-hydrogen) atoms. The van der Waals surface area contributed by atoms with Crippen LogP contribution in [0.3, 0.4) is 0 Å². The molecule has 0 amide bonds. The highest BCUT2D eigenvalue weighted by molar-refractivity contribution is 6.29. The van der Waals surface area contributed by atoms with E-state index >= 15 is 0 Å². The van der Waals surface area contributed by atoms with Gasteiger partial charge in [-0.2, -0.15) is 4.98 Å². The van der Waals surface area contributed by atoms with E-state index in [2.05, 4.69) is 9.97 Å². The molecule has 3 nitrogen and oxygen atoms in total. The molecule has 1 fully saturated rings. The van der Waals surface area contributed by atoms with Gasteiger partial charge in [-0.05, 0) is 18.8 Å². The summed E-state index contributed by atoms with van der Waals surface area (Å²) in [6, 6.07) is 1.69. The maximum atomic E-state index is 5.89. The zero-order valence-electron chi connectivity index (χ0n) is 9.58. The molecule has 4 heteroatoms. The van der Waals surface area contributed by atoms with Gasteiger partial charge >= 0.3 is 0 Å². The number of aryl methyl sites for hydroxylation is 1. The fraction of sp³-hybridized carbons (Fsp3) is 0.667. The second-order valence-electron chi connectivity index (χ2n) is 4.26. The van der Waals surface area contributed by atoms with Crippen LogP contribution in [0.5, 0.6) is 5.88 Å². The van der Waals surface area contributed by atoms with Crippen molar-refractivity contribution in [2.24, 2.45) is 5.92 Å². The third-order valence-electron chi connectivity index (χ3n) is 2.98. The topological polar surface area (TPSA) is 35.0 Å². The lowest BCUT2D eigenvalue weighted by Gasteiger charge is -2.11. The van der Waals surface area contributed by atoms with Crippen LogP contribution < -0.4 is 4.74 Å². The summed E-state index contributed by atoms with van der Waals surface area (Å²) in [7, 11) is 0. The van der Waals surface area contributed by atoms with Gasteiger partial charge in [0, 0.05) is 12.5 Å². The van der Waals surface area contributed by atoms with E-state index < -0.39 is 0 Å². The first kappa shape index (κ1) is 11.6. The molecule has 0 saturated heterocycles. The van der Waals surface area contributed by atoms with Crippen LogP contribution in [-0.2, 0) is 6.42 Å². The number of halogens is 1. The zero-order valence-corrected chi connectivity index (χ0v) is 10.3. The summed E-state index contributed by atoms with van der Waals surface area (Å²) in [6.07, 6.45) is 6.00. The van der Waals surface area contributed by atoms with E-state index in [4.69, 9.17) is 16.3 Å². The highest BCUT2D eigenvalue weighted by Crippen LogP contribution is 2.25. The highest BCUT2D eigenvalue weighted by atomic mass is 35.5. The lowest BCUT2D eigenvalue weighted by molar-refractivity contribution is 0.242. The second kappa shape index (κ2) is 5.48. The predicted molar refractivity (Wildman–Crippen MR) is 63.9 cm³/mol. The molecule has 1 saturated carbocycles. The van der Waals surface area contributed by atoms with Crippen LogP contribution in [0, 0.1) is 5.92 Å². The zero-order chi connectivity index (χ0) is 11.4. The SMILES string of the molecule is CCc1nc(Cl)cc(OCC2CCCC2)n1. The van der Waals surface area contributed by atoms with Gasteiger partial charge in [0.25, 0.3) is 0 Å². The monoisotopic (exact) mass is 240 g/mol. The number of ether oxygens (including phenoxy) is 1. The van der Waals surface area contributed by atoms with E-state index in [1.165, 1.54) is 25.7 Å². The van der Waals surface area contributed by atoms with Crippen molar-refractivity contribution in [2.45, 2.75) is 39.0 Å². The lowest BCUT2D eigenvalue weighted by atomic mass is 10.1. The molecular weight excluding hydrogens is 224 g/mol. The maximum Gasteiger partial charge on any atom is 0.218 e. The number of aromatic nitrogens is 2. The van der Waals surface area contributed by atoms with E-state index in [1.54, 1.807) is 6.07 Å². The van der Waals surface area contributed by atoms with Crippen molar-refractivity contribution in [1.29, 1.82) is 0 Å². The lowest BCUT2D eigenvalue weighted by Crippen LogP contribution is -2.09. The summed E-state index contributed by atoms with van der Waals surface area (Å²) >= 11 is 5.89. The van der Waals surface area contributed by atoms with Crippen LogP contribution in [0.15, 0.2) is 6.07 Å². The Kier molecular flexibility index (Phi) is 3.99. The molecule has 0 spiro atoms. The van der Waals surface area contributed by atoms with Crippen molar-refractivity contribution in [2.75, 3.05) is 6.61 Å². The minimum absolute atomic E-state index is 0.466. The first-order valence-corrected chi connectivity index (χ1v) is 6.32. The summed E-state index contributed by atoms with van der Waals surface area (Å²) in [5.74, 6) is 2.05. The van der Waals surface area contributed by atoms with Gasteiger partial charge in [-0.1, -0.05) is 31.4 Å². The number of rotatable bonds is 4. The Morgan fingerprint density at radius 1 is 1.38 bits per heavy atom. The summed E-state index contributed by atoms with van der Waals surface area (Å²) in [5, 5.41) is 0.466. The molecule has 0 radical (unpaired) electrons. The van der Waals surface area contributed by atoms with Gasteiger partial charge in [-0.3, -0.25) is 0 Å². The molecule has 2 rings (SSSR count). The Labute approximate surface area is 101 Å². The summed E-state index contributed by atoms with van der Waals surface area (Å²) in [5.41, 5.74) is 0. The van der Waals surface area contributed by atoms with E-state index in [1.807, 2.05) is 6.92 Å². The van der Waals surface area contributed by atoms with Crippen LogP contribution in [0.1, 0.15) is 38.4 Å². The van der Waals surface area contributed by atoms with Gasteiger partial charge in [0.1, 0.15) is 11.0 Å². The minimum Gasteiger partial charge on any atom is -0.477 e. The molecule has 0 N–H and O–H groups in total. The van der Waals surface area contributed by atoms with Crippen LogP contribution in [0.2, 0.25) is 5.15 Å². The van der Waals surface area contributed by atoms with Crippen molar-refractivity contribution in [1.82, 2.24) is 9.97 Å². The fourth-order valence-corrected chi connectivity index (χ4v) is 2.25. The van der Waals surface area contributed by atoms with E-state index in [0.717, 1.165) is 18.9 Å². The molecule has 1 aromatic rings. The van der Waals surface area contributed by atoms with Crippen molar-refractivity contribution < 1.29 is 4.74 Å². The average molecular weight is 241 g/mol. The van der Waals surface area contributed by atoms with Gasteiger partial charge in [0.05, 0.1) is 6.61 Å². The predicted octanol–water partition coefficient (Wildman–Crippen LogP) is 3.26. The first-order chi connectivity index (χ1) is 7.78. The quantitative estimate of drug-likeness (QED) is 0.758. The molecule has 1 aliphatic rings. The van der Waals surface area contributed by atoms with Crippen molar-refractivity contribution in [3.63, 3.8) is 0 Å². The summed E-state index contributed by atoms with van der Waals surface area (Å²) in [6.45, 7) is 2.77. The molecule has 0 aromatic carbocycles. The molecule has 0 atom stereocenters. The molecule has 0 bridgehead atoms. The van der Waals surface area contributed by atoms with Gasteiger partial charge in [-0.15, -0.1) is 0 Å². The average Bonchev–Trinajstić information content (AvgIpc) is 2.78. The van der Waals surface area contributed by atoms with Crippen LogP contribution in [0.4, 0.5) is 0 Å². The smallest absolute Gasteiger partial charge is 0.218 e. The Bertz CT molecular complexity index is 351. The minimum atomic E-state index is 0.466. The summed E-state index contributed by atoms with van der Waals surface area (Å²) in [4.78, 5) is 8.40. The van der Waals surface area contributed by atoms with E-state index in [0.29, 0.717) is 17.0 Å². The maximum absolute atomic E-state index is 5.89. The summed E-state index contributed by atoms with van der Waals surface area (Å²) < 4.78 is 5.68. The van der Waals surface area contributed by atoms with Crippen molar-refractivity contribution >= 4 is 11.6 Å². The second-order valence-corrected chi connectivity index (χ2v) is 4.65. The third kappa shape index (κ3) is 3.08.